The van der Waals surface area contributed by atoms with Crippen LogP contribution in [0.15, 0.2) is 24.8 Å². The largest absolute Gasteiger partial charge is 0.495 e. The van der Waals surface area contributed by atoms with Gasteiger partial charge >= 0.3 is 18.5 Å². The van der Waals surface area contributed by atoms with Gasteiger partial charge in [0.1, 0.15) is 12.4 Å². The molecule has 0 N–H and O–H groups in total. The molecule has 0 aliphatic rings. The molecule has 0 spiro atoms. The van der Waals surface area contributed by atoms with E-state index in [9.17, 15) is 18.0 Å². The van der Waals surface area contributed by atoms with Crippen LogP contribution >= 0.6 is 0 Å². The first-order chi connectivity index (χ1) is 6.00. The lowest BCUT2D eigenvalue weighted by molar-refractivity contribution is -0.873. The molecule has 4 nitrogen and oxygen atoms in total. The van der Waals surface area contributed by atoms with Crippen molar-refractivity contribution in [3.05, 3.63) is 24.8 Å². The average Bonchev–Trinajstić information content (AvgIpc) is 2.04. The highest BCUT2D eigenvalue weighted by Crippen LogP contribution is 2.13. The molecule has 0 saturated carbocycles. The monoisotopic (exact) mass is 193 g/mol. The van der Waals surface area contributed by atoms with Crippen molar-refractivity contribution < 1.29 is 27.5 Å². The van der Waals surface area contributed by atoms with Gasteiger partial charge in [-0.15, -0.1) is 0 Å². The highest BCUT2D eigenvalue weighted by atomic mass is 19.4. The minimum atomic E-state index is -5.00. The van der Waals surface area contributed by atoms with E-state index in [1.54, 1.807) is 0 Å². The van der Waals surface area contributed by atoms with Crippen LogP contribution in [0.2, 0.25) is 0 Å². The van der Waals surface area contributed by atoms with Crippen molar-refractivity contribution in [2.75, 3.05) is 0 Å². The Labute approximate surface area is 70.5 Å². The molecule has 0 radical (unpaired) electrons. The Balaban J connectivity index is 2.66. The van der Waals surface area contributed by atoms with Crippen LogP contribution in [0.25, 0.3) is 0 Å². The van der Waals surface area contributed by atoms with Crippen LogP contribution in [0.3, 0.4) is 0 Å². The third kappa shape index (κ3) is 2.69. The molecule has 1 rings (SSSR count). The lowest BCUT2D eigenvalue weighted by Gasteiger charge is -2.01. The number of carbonyl (C=O) groups is 1. The minimum absolute atomic E-state index is 0.565. The molecule has 0 aliphatic carbocycles. The summed E-state index contributed by atoms with van der Waals surface area (Å²) in [5.41, 5.74) is 0. The molecule has 1 aromatic rings. The fraction of sp³-hybridized carbons (Fsp3) is 0.167. The normalized spacial score (nSPS) is 11.0. The van der Waals surface area contributed by atoms with Crippen LogP contribution in [0.5, 0.6) is 0 Å². The van der Waals surface area contributed by atoms with E-state index in [1.165, 1.54) is 12.3 Å². The van der Waals surface area contributed by atoms with E-state index in [2.05, 4.69) is 9.82 Å². The number of carbonyl (C=O) groups excluding carboxylic acids is 1. The summed E-state index contributed by atoms with van der Waals surface area (Å²) in [6.07, 6.45) is -1.61. The summed E-state index contributed by atoms with van der Waals surface area (Å²) >= 11 is 0. The second-order valence-corrected chi connectivity index (χ2v) is 1.99. The van der Waals surface area contributed by atoms with Gasteiger partial charge in [-0.25, -0.2) is 9.63 Å². The topological polar surface area (TPSA) is 43.1 Å². The number of rotatable bonds is 1. The Morgan fingerprint density at radius 1 is 1.46 bits per heavy atom. The van der Waals surface area contributed by atoms with Crippen molar-refractivity contribution in [1.82, 2.24) is 4.98 Å². The standard InChI is InChI=1S/C6H4F3N2O2/c7-6(8,9)5(12)13-11-3-1-2-10-4-11/h1-4H/q+1. The number of alkyl halides is 3. The van der Waals surface area contributed by atoms with E-state index in [0.717, 1.165) is 12.5 Å². The van der Waals surface area contributed by atoms with Gasteiger partial charge in [0.25, 0.3) is 0 Å². The van der Waals surface area contributed by atoms with Crippen molar-refractivity contribution in [3.8, 4) is 0 Å². The highest BCUT2D eigenvalue weighted by molar-refractivity contribution is 5.75. The van der Waals surface area contributed by atoms with Gasteiger partial charge in [-0.3, -0.25) is 0 Å². The molecular weight excluding hydrogens is 189 g/mol. The number of nitrogens with zero attached hydrogens (tertiary/aromatic N) is 2. The van der Waals surface area contributed by atoms with Gasteiger partial charge in [0.15, 0.2) is 0 Å². The maximum Gasteiger partial charge on any atom is 0.495 e. The van der Waals surface area contributed by atoms with Crippen molar-refractivity contribution in [2.24, 2.45) is 0 Å². The highest BCUT2D eigenvalue weighted by Gasteiger charge is 2.43. The number of hydrogen-bond donors (Lipinski definition) is 0. The van der Waals surface area contributed by atoms with E-state index in [-0.39, 0.29) is 0 Å². The molecule has 1 aromatic heterocycles. The molecule has 1 heterocycles. The van der Waals surface area contributed by atoms with Crippen LogP contribution in [-0.2, 0) is 4.79 Å². The van der Waals surface area contributed by atoms with Crippen LogP contribution in [-0.4, -0.2) is 17.1 Å². The maximum absolute atomic E-state index is 11.6. The Kier molecular flexibility index (Phi) is 2.45. The van der Waals surface area contributed by atoms with Gasteiger partial charge in [-0.05, 0) is 4.73 Å². The van der Waals surface area contributed by atoms with Gasteiger partial charge in [-0.1, -0.05) is 4.98 Å². The summed E-state index contributed by atoms with van der Waals surface area (Å²) in [7, 11) is 0. The summed E-state index contributed by atoms with van der Waals surface area (Å²) < 4.78 is 35.4. The molecule has 0 amide bonds. The fourth-order valence-electron chi connectivity index (χ4n) is 0.517. The molecule has 0 atom stereocenters. The zero-order valence-electron chi connectivity index (χ0n) is 6.15. The lowest BCUT2D eigenvalue weighted by Crippen LogP contribution is -2.50. The molecule has 0 bridgehead atoms. The predicted molar refractivity (Wildman–Crippen MR) is 32.1 cm³/mol. The van der Waals surface area contributed by atoms with Crippen molar-refractivity contribution in [2.45, 2.75) is 6.18 Å². The third-order valence-corrected chi connectivity index (χ3v) is 1.01. The van der Waals surface area contributed by atoms with Gasteiger partial charge in [-0.2, -0.15) is 13.2 Å². The molecule has 0 unspecified atom stereocenters. The Bertz CT molecular complexity index is 298. The molecule has 0 aliphatic heterocycles. The van der Waals surface area contributed by atoms with Gasteiger partial charge in [0.2, 0.25) is 0 Å². The molecule has 13 heavy (non-hydrogen) atoms. The summed E-state index contributed by atoms with van der Waals surface area (Å²) in [5, 5.41) is 0. The van der Waals surface area contributed by atoms with Gasteiger partial charge in [0.05, 0.1) is 0 Å². The molecule has 0 aromatic carbocycles. The fourth-order valence-corrected chi connectivity index (χ4v) is 0.517. The number of aromatic nitrogens is 2. The lowest BCUT2D eigenvalue weighted by atomic mass is 10.7. The second-order valence-electron chi connectivity index (χ2n) is 1.99. The quantitative estimate of drug-likeness (QED) is 0.584. The maximum atomic E-state index is 11.6. The first-order valence-corrected chi connectivity index (χ1v) is 3.11. The minimum Gasteiger partial charge on any atom is -0.247 e. The zero-order valence-corrected chi connectivity index (χ0v) is 6.15. The van der Waals surface area contributed by atoms with E-state index < -0.39 is 12.1 Å². The third-order valence-electron chi connectivity index (χ3n) is 1.01. The molecule has 70 valence electrons. The summed E-state index contributed by atoms with van der Waals surface area (Å²) in [6.45, 7) is 0. The van der Waals surface area contributed by atoms with Gasteiger partial charge in [0, 0.05) is 6.07 Å². The summed E-state index contributed by atoms with van der Waals surface area (Å²) in [5.74, 6) is -2.29. The Hall–Kier alpha value is -1.66. The molecular formula is C6H4F3N2O2+. The van der Waals surface area contributed by atoms with E-state index in [4.69, 9.17) is 0 Å². The summed E-state index contributed by atoms with van der Waals surface area (Å²) in [4.78, 5) is 17.5. The van der Waals surface area contributed by atoms with Crippen molar-refractivity contribution >= 4 is 5.97 Å². The van der Waals surface area contributed by atoms with Crippen molar-refractivity contribution in [1.29, 1.82) is 0 Å². The second kappa shape index (κ2) is 3.38. The SMILES string of the molecule is O=C(O[n+]1cccnc1)C(F)(F)F. The van der Waals surface area contributed by atoms with Gasteiger partial charge < -0.3 is 0 Å². The van der Waals surface area contributed by atoms with Crippen LogP contribution in [0.4, 0.5) is 13.2 Å². The first kappa shape index (κ1) is 9.43. The van der Waals surface area contributed by atoms with E-state index in [1.807, 2.05) is 0 Å². The Morgan fingerprint density at radius 2 is 2.15 bits per heavy atom. The molecule has 0 fully saturated rings. The van der Waals surface area contributed by atoms with Crippen LogP contribution < -0.4 is 9.57 Å². The van der Waals surface area contributed by atoms with Crippen molar-refractivity contribution in [3.63, 3.8) is 0 Å². The molecule has 7 heteroatoms. The first-order valence-electron chi connectivity index (χ1n) is 3.11. The Morgan fingerprint density at radius 3 is 2.62 bits per heavy atom. The number of hydrogen-bond acceptors (Lipinski definition) is 3. The number of halogens is 3. The summed E-state index contributed by atoms with van der Waals surface area (Å²) in [6, 6.07) is 1.32. The average molecular weight is 193 g/mol. The predicted octanol–water partition coefficient (Wildman–Crippen LogP) is -0.113. The zero-order chi connectivity index (χ0) is 9.90. The molecule has 0 saturated heterocycles. The van der Waals surface area contributed by atoms with Crippen LogP contribution in [0, 0.1) is 0 Å². The smallest absolute Gasteiger partial charge is 0.247 e. The van der Waals surface area contributed by atoms with E-state index >= 15 is 0 Å². The van der Waals surface area contributed by atoms with E-state index in [0.29, 0.717) is 4.73 Å². The van der Waals surface area contributed by atoms with Crippen LogP contribution in [0.1, 0.15) is 0 Å².